The zero-order chi connectivity index (χ0) is 22.6. The fourth-order valence-electron chi connectivity index (χ4n) is 2.71. The van der Waals surface area contributed by atoms with E-state index in [0.29, 0.717) is 0 Å². The van der Waals surface area contributed by atoms with E-state index in [2.05, 4.69) is 10.0 Å². The van der Waals surface area contributed by atoms with Crippen molar-refractivity contribution in [1.82, 2.24) is 0 Å². The molecule has 0 saturated carbocycles. The minimum atomic E-state index is -4.15. The fourth-order valence-corrected chi connectivity index (χ4v) is 3.82. The lowest BCUT2D eigenvalue weighted by molar-refractivity contribution is 0.0996. The highest BCUT2D eigenvalue weighted by atomic mass is 32.2. The number of anilines is 2. The SMILES string of the molecule is COc1ccc(C(N)=O)cc1NC(=O)c1cccc(S(=O)(=O)Nc2ccccc2F)c1. The molecule has 3 rings (SSSR count). The Hall–Kier alpha value is -3.92. The van der Waals surface area contributed by atoms with E-state index in [-0.39, 0.29) is 33.1 Å². The summed E-state index contributed by atoms with van der Waals surface area (Å²) >= 11 is 0. The van der Waals surface area contributed by atoms with Gasteiger partial charge >= 0.3 is 0 Å². The number of carbonyl (C=O) groups excluding carboxylic acids is 2. The summed E-state index contributed by atoms with van der Waals surface area (Å²) in [6, 6.07) is 14.8. The van der Waals surface area contributed by atoms with E-state index in [9.17, 15) is 22.4 Å². The Labute approximate surface area is 177 Å². The first-order valence-electron chi connectivity index (χ1n) is 8.88. The Kier molecular flexibility index (Phi) is 6.21. The van der Waals surface area contributed by atoms with Crippen LogP contribution in [0.2, 0.25) is 0 Å². The average molecular weight is 443 g/mol. The first-order chi connectivity index (χ1) is 14.7. The predicted molar refractivity (Wildman–Crippen MR) is 113 cm³/mol. The van der Waals surface area contributed by atoms with Gasteiger partial charge in [0, 0.05) is 11.1 Å². The zero-order valence-electron chi connectivity index (χ0n) is 16.3. The standard InChI is InChI=1S/C21H18FN3O5S/c1-30-19-10-9-13(20(23)26)12-18(19)24-21(27)14-5-4-6-15(11-14)31(28,29)25-17-8-3-2-7-16(17)22/h2-12,25H,1H3,(H2,23,26)(H,24,27). The minimum Gasteiger partial charge on any atom is -0.495 e. The molecule has 3 aromatic rings. The fraction of sp³-hybridized carbons (Fsp3) is 0.0476. The number of hydrogen-bond acceptors (Lipinski definition) is 5. The average Bonchev–Trinajstić information content (AvgIpc) is 2.75. The summed E-state index contributed by atoms with van der Waals surface area (Å²) in [4.78, 5) is 23.9. The Morgan fingerprint density at radius 1 is 0.935 bits per heavy atom. The largest absolute Gasteiger partial charge is 0.495 e. The van der Waals surface area contributed by atoms with E-state index in [1.54, 1.807) is 0 Å². The number of hydrogen-bond donors (Lipinski definition) is 3. The molecule has 4 N–H and O–H groups in total. The molecule has 2 amide bonds. The molecule has 0 fully saturated rings. The molecule has 0 aliphatic heterocycles. The van der Waals surface area contributed by atoms with E-state index in [1.165, 1.54) is 61.7 Å². The molecule has 0 heterocycles. The molecule has 8 nitrogen and oxygen atoms in total. The van der Waals surface area contributed by atoms with Gasteiger partial charge in [0.15, 0.2) is 0 Å². The summed E-state index contributed by atoms with van der Waals surface area (Å²) in [5.41, 5.74) is 5.40. The van der Waals surface area contributed by atoms with Crippen LogP contribution in [0, 0.1) is 5.82 Å². The third-order valence-corrected chi connectivity index (χ3v) is 5.62. The van der Waals surface area contributed by atoms with Crippen molar-refractivity contribution in [3.63, 3.8) is 0 Å². The first kappa shape index (κ1) is 21.8. The lowest BCUT2D eigenvalue weighted by atomic mass is 10.1. The summed E-state index contributed by atoms with van der Waals surface area (Å²) in [5.74, 6) is -1.79. The van der Waals surface area contributed by atoms with Gasteiger partial charge in [-0.25, -0.2) is 12.8 Å². The zero-order valence-corrected chi connectivity index (χ0v) is 17.1. The van der Waals surface area contributed by atoms with Crippen LogP contribution in [0.5, 0.6) is 5.75 Å². The predicted octanol–water partition coefficient (Wildman–Crippen LogP) is 2.99. The number of amides is 2. The van der Waals surface area contributed by atoms with Crippen LogP contribution in [-0.4, -0.2) is 27.3 Å². The highest BCUT2D eigenvalue weighted by molar-refractivity contribution is 7.92. The van der Waals surface area contributed by atoms with Crippen LogP contribution in [0.15, 0.2) is 71.6 Å². The highest BCUT2D eigenvalue weighted by Gasteiger charge is 2.19. The van der Waals surface area contributed by atoms with Crippen molar-refractivity contribution >= 4 is 33.2 Å². The Bertz CT molecular complexity index is 1260. The molecule has 0 bridgehead atoms. The van der Waals surface area contributed by atoms with Crippen LogP contribution in [0.4, 0.5) is 15.8 Å². The quantitative estimate of drug-likeness (QED) is 0.517. The molecule has 160 valence electrons. The molecule has 0 unspecified atom stereocenters. The monoisotopic (exact) mass is 443 g/mol. The van der Waals surface area contributed by atoms with Gasteiger partial charge in [-0.15, -0.1) is 0 Å². The normalized spacial score (nSPS) is 10.9. The number of benzene rings is 3. The van der Waals surface area contributed by atoms with Crippen LogP contribution in [0.25, 0.3) is 0 Å². The van der Waals surface area contributed by atoms with Crippen molar-refractivity contribution in [2.45, 2.75) is 4.90 Å². The highest BCUT2D eigenvalue weighted by Crippen LogP contribution is 2.26. The second kappa shape index (κ2) is 8.84. The third-order valence-electron chi connectivity index (χ3n) is 4.26. The van der Waals surface area contributed by atoms with Gasteiger partial charge in [0.25, 0.3) is 15.9 Å². The number of nitrogens with two attached hydrogens (primary N) is 1. The Morgan fingerprint density at radius 3 is 2.35 bits per heavy atom. The summed E-state index contributed by atoms with van der Waals surface area (Å²) in [7, 11) is -2.77. The van der Waals surface area contributed by atoms with Crippen molar-refractivity contribution < 1.29 is 27.1 Å². The van der Waals surface area contributed by atoms with Crippen molar-refractivity contribution in [3.05, 3.63) is 83.7 Å². The van der Waals surface area contributed by atoms with Gasteiger partial charge in [0.1, 0.15) is 11.6 Å². The van der Waals surface area contributed by atoms with Gasteiger partial charge in [0.2, 0.25) is 5.91 Å². The van der Waals surface area contributed by atoms with Crippen LogP contribution in [0.3, 0.4) is 0 Å². The molecule has 10 heteroatoms. The number of rotatable bonds is 7. The molecular weight excluding hydrogens is 425 g/mol. The summed E-state index contributed by atoms with van der Waals surface area (Å²) in [5, 5.41) is 2.56. The van der Waals surface area contributed by atoms with Crippen molar-refractivity contribution in [3.8, 4) is 5.75 Å². The summed E-state index contributed by atoms with van der Waals surface area (Å²) in [6.07, 6.45) is 0. The van der Waals surface area contributed by atoms with Crippen molar-refractivity contribution in [2.24, 2.45) is 5.73 Å². The van der Waals surface area contributed by atoms with Crippen molar-refractivity contribution in [2.75, 3.05) is 17.1 Å². The molecule has 0 aromatic heterocycles. The van der Waals surface area contributed by atoms with Gasteiger partial charge in [-0.3, -0.25) is 14.3 Å². The second-order valence-corrected chi connectivity index (χ2v) is 8.03. The molecule has 0 spiro atoms. The number of nitrogens with one attached hydrogen (secondary N) is 2. The third kappa shape index (κ3) is 4.98. The maximum atomic E-state index is 13.8. The van der Waals surface area contributed by atoms with Gasteiger partial charge in [-0.1, -0.05) is 18.2 Å². The Balaban J connectivity index is 1.88. The van der Waals surface area contributed by atoms with Gasteiger partial charge in [-0.2, -0.15) is 0 Å². The number of methoxy groups -OCH3 is 1. The molecule has 0 radical (unpaired) electrons. The van der Waals surface area contributed by atoms with E-state index in [1.807, 2.05) is 0 Å². The van der Waals surface area contributed by atoms with Gasteiger partial charge < -0.3 is 15.8 Å². The van der Waals surface area contributed by atoms with Crippen LogP contribution in [0.1, 0.15) is 20.7 Å². The Morgan fingerprint density at radius 2 is 1.68 bits per heavy atom. The lowest BCUT2D eigenvalue weighted by Crippen LogP contribution is -2.17. The number of para-hydroxylation sites is 1. The number of carbonyl (C=O) groups is 2. The van der Waals surface area contributed by atoms with E-state index < -0.39 is 27.7 Å². The number of halogens is 1. The smallest absolute Gasteiger partial charge is 0.262 e. The number of sulfonamides is 1. The van der Waals surface area contributed by atoms with E-state index in [4.69, 9.17) is 10.5 Å². The first-order valence-corrected chi connectivity index (χ1v) is 10.4. The van der Waals surface area contributed by atoms with Crippen molar-refractivity contribution in [1.29, 1.82) is 0 Å². The van der Waals surface area contributed by atoms with Crippen LogP contribution in [-0.2, 0) is 10.0 Å². The molecule has 3 aromatic carbocycles. The van der Waals surface area contributed by atoms with E-state index >= 15 is 0 Å². The molecule has 0 aliphatic carbocycles. The van der Waals surface area contributed by atoms with E-state index in [0.717, 1.165) is 12.1 Å². The van der Waals surface area contributed by atoms with Gasteiger partial charge in [-0.05, 0) is 48.5 Å². The molecule has 0 atom stereocenters. The molecule has 0 aliphatic rings. The number of ether oxygens (including phenoxy) is 1. The molecule has 0 saturated heterocycles. The maximum Gasteiger partial charge on any atom is 0.262 e. The summed E-state index contributed by atoms with van der Waals surface area (Å²) < 4.78 is 46.4. The molecule has 31 heavy (non-hydrogen) atoms. The molecular formula is C21H18FN3O5S. The topological polar surface area (TPSA) is 128 Å². The lowest BCUT2D eigenvalue weighted by Gasteiger charge is -2.12. The van der Waals surface area contributed by atoms with Gasteiger partial charge in [0.05, 0.1) is 23.4 Å². The minimum absolute atomic E-state index is 0.0166. The number of primary amides is 1. The summed E-state index contributed by atoms with van der Waals surface area (Å²) in [6.45, 7) is 0. The van der Waals surface area contributed by atoms with Crippen LogP contribution >= 0.6 is 0 Å². The van der Waals surface area contributed by atoms with Crippen LogP contribution < -0.4 is 20.5 Å². The maximum absolute atomic E-state index is 13.8. The second-order valence-electron chi connectivity index (χ2n) is 6.35.